The number of hydrogen-bond acceptors (Lipinski definition) is 3. The standard InChI is InChI=1S/C16H24BrN3O/c1-5-8-18-13(16-11(3)7-9-21-16)10-14-15(17)12(6-2)19-20(14)4/h7,9,13,18H,5-6,8,10H2,1-4H3. The van der Waals surface area contributed by atoms with Gasteiger partial charge in [-0.2, -0.15) is 5.10 Å². The molecule has 0 aliphatic heterocycles. The van der Waals surface area contributed by atoms with Crippen LogP contribution >= 0.6 is 15.9 Å². The van der Waals surface area contributed by atoms with Crippen LogP contribution in [0.1, 0.15) is 49.0 Å². The zero-order valence-electron chi connectivity index (χ0n) is 13.2. The van der Waals surface area contributed by atoms with Crippen LogP contribution in [-0.4, -0.2) is 16.3 Å². The Balaban J connectivity index is 2.27. The maximum absolute atomic E-state index is 5.70. The second kappa shape index (κ2) is 7.27. The largest absolute Gasteiger partial charge is 0.467 e. The summed E-state index contributed by atoms with van der Waals surface area (Å²) >= 11 is 3.70. The number of aryl methyl sites for hydroxylation is 3. The van der Waals surface area contributed by atoms with Crippen molar-refractivity contribution < 1.29 is 4.42 Å². The summed E-state index contributed by atoms with van der Waals surface area (Å²) in [6.07, 6.45) is 4.66. The molecular weight excluding hydrogens is 330 g/mol. The fourth-order valence-corrected chi connectivity index (χ4v) is 3.33. The molecule has 116 valence electrons. The van der Waals surface area contributed by atoms with E-state index < -0.39 is 0 Å². The van der Waals surface area contributed by atoms with Gasteiger partial charge in [0.15, 0.2) is 0 Å². The van der Waals surface area contributed by atoms with Gasteiger partial charge in [0.25, 0.3) is 0 Å². The van der Waals surface area contributed by atoms with Gasteiger partial charge < -0.3 is 9.73 Å². The molecule has 2 aromatic heterocycles. The van der Waals surface area contributed by atoms with Gasteiger partial charge in [-0.05, 0) is 53.9 Å². The number of hydrogen-bond donors (Lipinski definition) is 1. The van der Waals surface area contributed by atoms with E-state index in [1.165, 1.54) is 11.3 Å². The molecule has 2 heterocycles. The van der Waals surface area contributed by atoms with Gasteiger partial charge in [-0.1, -0.05) is 13.8 Å². The van der Waals surface area contributed by atoms with Crippen LogP contribution in [0.25, 0.3) is 0 Å². The van der Waals surface area contributed by atoms with E-state index in [0.29, 0.717) is 0 Å². The number of nitrogens with zero attached hydrogens (tertiary/aromatic N) is 2. The minimum absolute atomic E-state index is 0.177. The highest BCUT2D eigenvalue weighted by Crippen LogP contribution is 2.28. The lowest BCUT2D eigenvalue weighted by atomic mass is 10.0. The van der Waals surface area contributed by atoms with Gasteiger partial charge in [0.05, 0.1) is 28.2 Å². The predicted octanol–water partition coefficient (Wildman–Crippen LogP) is 3.93. The Morgan fingerprint density at radius 2 is 2.19 bits per heavy atom. The molecule has 5 heteroatoms. The van der Waals surface area contributed by atoms with Crippen LogP contribution in [0.4, 0.5) is 0 Å². The van der Waals surface area contributed by atoms with Crippen molar-refractivity contribution in [1.29, 1.82) is 0 Å². The third kappa shape index (κ3) is 3.58. The number of aromatic nitrogens is 2. The van der Waals surface area contributed by atoms with Crippen molar-refractivity contribution in [1.82, 2.24) is 15.1 Å². The first-order chi connectivity index (χ1) is 10.1. The highest BCUT2D eigenvalue weighted by Gasteiger charge is 2.21. The van der Waals surface area contributed by atoms with Crippen LogP contribution < -0.4 is 5.32 Å². The molecule has 1 N–H and O–H groups in total. The molecule has 21 heavy (non-hydrogen) atoms. The van der Waals surface area contributed by atoms with E-state index >= 15 is 0 Å². The first-order valence-corrected chi connectivity index (χ1v) is 8.35. The molecule has 2 aromatic rings. The van der Waals surface area contributed by atoms with Crippen molar-refractivity contribution >= 4 is 15.9 Å². The first kappa shape index (κ1) is 16.3. The molecular formula is C16H24BrN3O. The highest BCUT2D eigenvalue weighted by molar-refractivity contribution is 9.10. The number of furan rings is 1. The van der Waals surface area contributed by atoms with E-state index in [1.54, 1.807) is 6.26 Å². The SMILES string of the molecule is CCCNC(Cc1c(Br)c(CC)nn1C)c1occc1C. The van der Waals surface area contributed by atoms with Crippen LogP contribution in [0.2, 0.25) is 0 Å². The van der Waals surface area contributed by atoms with Crippen molar-refractivity contribution in [2.45, 2.75) is 46.1 Å². The van der Waals surface area contributed by atoms with Crippen molar-refractivity contribution in [3.63, 3.8) is 0 Å². The van der Waals surface area contributed by atoms with Gasteiger partial charge in [0, 0.05) is 13.5 Å². The molecule has 4 nitrogen and oxygen atoms in total. The molecule has 0 aromatic carbocycles. The van der Waals surface area contributed by atoms with Gasteiger partial charge in [-0.15, -0.1) is 0 Å². The smallest absolute Gasteiger partial charge is 0.123 e. The molecule has 1 atom stereocenters. The Labute approximate surface area is 135 Å². The van der Waals surface area contributed by atoms with Crippen LogP contribution in [0.3, 0.4) is 0 Å². The summed E-state index contributed by atoms with van der Waals surface area (Å²) in [5.74, 6) is 1.02. The average molecular weight is 354 g/mol. The molecule has 0 aliphatic rings. The molecule has 1 unspecified atom stereocenters. The zero-order chi connectivity index (χ0) is 15.4. The maximum Gasteiger partial charge on any atom is 0.123 e. The normalized spacial score (nSPS) is 12.8. The van der Waals surface area contributed by atoms with Gasteiger partial charge in [-0.25, -0.2) is 0 Å². The summed E-state index contributed by atoms with van der Waals surface area (Å²) in [6, 6.07) is 2.20. The molecule has 0 fully saturated rings. The Morgan fingerprint density at radius 1 is 1.43 bits per heavy atom. The van der Waals surface area contributed by atoms with Crippen molar-refractivity contribution in [2.24, 2.45) is 7.05 Å². The van der Waals surface area contributed by atoms with Gasteiger partial charge >= 0.3 is 0 Å². The second-order valence-electron chi connectivity index (χ2n) is 5.36. The first-order valence-electron chi connectivity index (χ1n) is 7.56. The minimum Gasteiger partial charge on any atom is -0.467 e. The fraction of sp³-hybridized carbons (Fsp3) is 0.562. The molecule has 0 aliphatic carbocycles. The minimum atomic E-state index is 0.177. The highest BCUT2D eigenvalue weighted by atomic mass is 79.9. The molecule has 0 spiro atoms. The Kier molecular flexibility index (Phi) is 5.65. The zero-order valence-corrected chi connectivity index (χ0v) is 14.8. The van der Waals surface area contributed by atoms with Gasteiger partial charge in [0.2, 0.25) is 0 Å². The van der Waals surface area contributed by atoms with Crippen LogP contribution in [0.15, 0.2) is 21.2 Å². The molecule has 0 radical (unpaired) electrons. The average Bonchev–Trinajstić information content (AvgIpc) is 3.00. The van der Waals surface area contributed by atoms with Gasteiger partial charge in [0.1, 0.15) is 5.76 Å². The van der Waals surface area contributed by atoms with Crippen LogP contribution in [0.5, 0.6) is 0 Å². The second-order valence-corrected chi connectivity index (χ2v) is 6.16. The summed E-state index contributed by atoms with van der Waals surface area (Å²) in [7, 11) is 2.01. The lowest BCUT2D eigenvalue weighted by Gasteiger charge is -2.18. The van der Waals surface area contributed by atoms with Crippen molar-refractivity contribution in [2.75, 3.05) is 6.54 Å². The Bertz CT molecular complexity index is 588. The summed E-state index contributed by atoms with van der Waals surface area (Å²) in [5.41, 5.74) is 3.51. The molecule has 0 saturated carbocycles. The van der Waals surface area contributed by atoms with E-state index in [2.05, 4.69) is 47.1 Å². The number of rotatable bonds is 7. The van der Waals surface area contributed by atoms with Gasteiger partial charge in [-0.3, -0.25) is 4.68 Å². The fourth-order valence-electron chi connectivity index (χ4n) is 2.55. The quantitative estimate of drug-likeness (QED) is 0.819. The monoisotopic (exact) mass is 353 g/mol. The van der Waals surface area contributed by atoms with E-state index in [-0.39, 0.29) is 6.04 Å². The lowest BCUT2D eigenvalue weighted by molar-refractivity contribution is 0.402. The van der Waals surface area contributed by atoms with Crippen molar-refractivity contribution in [3.8, 4) is 0 Å². The Hall–Kier alpha value is -1.07. The van der Waals surface area contributed by atoms with Crippen molar-refractivity contribution in [3.05, 3.63) is 39.5 Å². The van der Waals surface area contributed by atoms with E-state index in [0.717, 1.165) is 41.7 Å². The topological polar surface area (TPSA) is 43.0 Å². The summed E-state index contributed by atoms with van der Waals surface area (Å²) in [5, 5.41) is 8.16. The van der Waals surface area contributed by atoms with E-state index in [1.807, 2.05) is 17.8 Å². The lowest BCUT2D eigenvalue weighted by Crippen LogP contribution is -2.25. The number of nitrogens with one attached hydrogen (secondary N) is 1. The number of halogens is 1. The van der Waals surface area contributed by atoms with Crippen LogP contribution in [-0.2, 0) is 19.9 Å². The summed E-state index contributed by atoms with van der Waals surface area (Å²) < 4.78 is 8.80. The van der Waals surface area contributed by atoms with Crippen LogP contribution in [0, 0.1) is 6.92 Å². The van der Waals surface area contributed by atoms with E-state index in [4.69, 9.17) is 4.42 Å². The summed E-state index contributed by atoms with van der Waals surface area (Å²) in [6.45, 7) is 7.37. The Morgan fingerprint density at radius 3 is 2.71 bits per heavy atom. The predicted molar refractivity (Wildman–Crippen MR) is 88.5 cm³/mol. The maximum atomic E-state index is 5.70. The summed E-state index contributed by atoms with van der Waals surface area (Å²) in [4.78, 5) is 0. The third-order valence-electron chi connectivity index (χ3n) is 3.76. The third-order valence-corrected chi connectivity index (χ3v) is 4.67. The van der Waals surface area contributed by atoms with E-state index in [9.17, 15) is 0 Å². The molecule has 0 saturated heterocycles. The molecule has 0 amide bonds. The molecule has 0 bridgehead atoms. The molecule has 2 rings (SSSR count).